The fourth-order valence-corrected chi connectivity index (χ4v) is 5.27. The maximum absolute atomic E-state index is 13.0. The van der Waals surface area contributed by atoms with Gasteiger partial charge in [-0.15, -0.1) is 0 Å². The molecule has 0 heterocycles. The first-order valence-corrected chi connectivity index (χ1v) is 9.87. The molecule has 0 amide bonds. The van der Waals surface area contributed by atoms with Crippen molar-refractivity contribution in [3.05, 3.63) is 47.0 Å². The van der Waals surface area contributed by atoms with E-state index in [2.05, 4.69) is 22.5 Å². The minimum absolute atomic E-state index is 0.143. The number of hydrogen-bond acceptors (Lipinski definition) is 4. The number of allylic oxidation sites excluding steroid dienone is 1. The van der Waals surface area contributed by atoms with Crippen LogP contribution in [0.15, 0.2) is 41.4 Å². The summed E-state index contributed by atoms with van der Waals surface area (Å²) in [6.45, 7) is 11.1. The first-order chi connectivity index (χ1) is 10.7. The Morgan fingerprint density at radius 3 is 2.09 bits per heavy atom. The SMILES string of the molecule is C=C(Br)[C@H](c1ccccc1)C(C)(C)C(=O)P(=O)(OCC)OCC. The van der Waals surface area contributed by atoms with E-state index < -0.39 is 18.5 Å². The Balaban J connectivity index is 3.31. The topological polar surface area (TPSA) is 52.6 Å². The Bertz CT molecular complexity index is 588. The highest BCUT2D eigenvalue weighted by atomic mass is 79.9. The van der Waals surface area contributed by atoms with Gasteiger partial charge < -0.3 is 9.05 Å². The first kappa shape index (κ1) is 20.3. The molecule has 0 bridgehead atoms. The summed E-state index contributed by atoms with van der Waals surface area (Å²) in [7, 11) is -3.85. The van der Waals surface area contributed by atoms with Gasteiger partial charge in [0.1, 0.15) is 0 Å². The van der Waals surface area contributed by atoms with Crippen LogP contribution in [0, 0.1) is 5.41 Å². The molecule has 128 valence electrons. The molecule has 1 atom stereocenters. The lowest BCUT2D eigenvalue weighted by molar-refractivity contribution is -0.122. The molecule has 0 aliphatic rings. The predicted octanol–water partition coefficient (Wildman–Crippen LogP) is 5.50. The molecule has 1 aromatic carbocycles. The first-order valence-electron chi connectivity index (χ1n) is 7.54. The van der Waals surface area contributed by atoms with Gasteiger partial charge in [-0.1, -0.05) is 66.7 Å². The van der Waals surface area contributed by atoms with Gasteiger partial charge in [0, 0.05) is 11.3 Å². The zero-order valence-electron chi connectivity index (χ0n) is 14.0. The second-order valence-electron chi connectivity index (χ2n) is 5.65. The lowest BCUT2D eigenvalue weighted by atomic mass is 9.76. The van der Waals surface area contributed by atoms with E-state index in [1.807, 2.05) is 30.3 Å². The molecule has 0 fully saturated rings. The molecule has 0 saturated carbocycles. The van der Waals surface area contributed by atoms with Gasteiger partial charge in [0.05, 0.1) is 13.2 Å². The number of benzene rings is 1. The Morgan fingerprint density at radius 1 is 1.22 bits per heavy atom. The van der Waals surface area contributed by atoms with E-state index in [4.69, 9.17) is 9.05 Å². The number of rotatable bonds is 9. The highest BCUT2D eigenvalue weighted by Crippen LogP contribution is 2.58. The second-order valence-corrected chi connectivity index (χ2v) is 8.59. The standard InChI is InChI=1S/C17H24BrO4P/c1-6-21-23(20,22-7-2)16(19)17(4,5)15(13(3)18)14-11-9-8-10-12-14/h8-12,15H,3,6-7H2,1-2,4-5H3/t15-/m1/s1. The zero-order chi connectivity index (χ0) is 17.7. The smallest absolute Gasteiger partial charge is 0.303 e. The highest BCUT2D eigenvalue weighted by Gasteiger charge is 2.49. The molecular formula is C17H24BrO4P. The van der Waals surface area contributed by atoms with E-state index in [0.29, 0.717) is 4.48 Å². The van der Waals surface area contributed by atoms with Crippen molar-refractivity contribution in [2.75, 3.05) is 13.2 Å². The molecule has 23 heavy (non-hydrogen) atoms. The fraction of sp³-hybridized carbons (Fsp3) is 0.471. The molecule has 0 aliphatic heterocycles. The molecule has 1 rings (SSSR count). The van der Waals surface area contributed by atoms with Crippen LogP contribution < -0.4 is 0 Å². The average Bonchev–Trinajstić information content (AvgIpc) is 2.47. The Morgan fingerprint density at radius 2 is 1.70 bits per heavy atom. The maximum Gasteiger partial charge on any atom is 0.397 e. The lowest BCUT2D eigenvalue weighted by Gasteiger charge is -2.34. The van der Waals surface area contributed by atoms with E-state index in [1.54, 1.807) is 27.7 Å². The van der Waals surface area contributed by atoms with Crippen LogP contribution in [0.25, 0.3) is 0 Å². The van der Waals surface area contributed by atoms with E-state index >= 15 is 0 Å². The molecule has 0 unspecified atom stereocenters. The fourth-order valence-electron chi connectivity index (χ4n) is 2.61. The molecule has 0 saturated heterocycles. The van der Waals surface area contributed by atoms with Crippen LogP contribution in [0.3, 0.4) is 0 Å². The third-order valence-corrected chi connectivity index (χ3v) is 6.29. The third kappa shape index (κ3) is 4.63. The Kier molecular flexibility index (Phi) is 7.40. The van der Waals surface area contributed by atoms with Crippen molar-refractivity contribution in [2.45, 2.75) is 33.6 Å². The quantitative estimate of drug-likeness (QED) is 0.511. The molecule has 1 aromatic rings. The van der Waals surface area contributed by atoms with Crippen LogP contribution in [0.1, 0.15) is 39.2 Å². The summed E-state index contributed by atoms with van der Waals surface area (Å²) in [5, 5.41) is 0. The number of carbonyl (C=O) groups excluding carboxylic acids is 1. The Hall–Kier alpha value is -0.740. The number of hydrogen-bond donors (Lipinski definition) is 0. The summed E-state index contributed by atoms with van der Waals surface area (Å²) in [5.41, 5.74) is -0.641. The van der Waals surface area contributed by atoms with Crippen LogP contribution in [0.2, 0.25) is 0 Å². The highest BCUT2D eigenvalue weighted by molar-refractivity contribution is 9.11. The van der Waals surface area contributed by atoms with Crippen molar-refractivity contribution >= 4 is 29.1 Å². The van der Waals surface area contributed by atoms with Crippen molar-refractivity contribution in [3.63, 3.8) is 0 Å². The van der Waals surface area contributed by atoms with E-state index in [1.165, 1.54) is 0 Å². The van der Waals surface area contributed by atoms with Crippen LogP contribution in [-0.2, 0) is 18.4 Å². The molecule has 0 N–H and O–H groups in total. The summed E-state index contributed by atoms with van der Waals surface area (Å²) in [5.74, 6) is -0.356. The van der Waals surface area contributed by atoms with Gasteiger partial charge >= 0.3 is 7.60 Å². The average molecular weight is 403 g/mol. The maximum atomic E-state index is 13.0. The molecule has 0 aliphatic carbocycles. The normalized spacial score (nSPS) is 13.6. The van der Waals surface area contributed by atoms with Gasteiger partial charge in [-0.05, 0) is 23.9 Å². The molecule has 0 aromatic heterocycles. The largest absolute Gasteiger partial charge is 0.397 e. The zero-order valence-corrected chi connectivity index (χ0v) is 16.5. The summed E-state index contributed by atoms with van der Waals surface area (Å²) in [4.78, 5) is 13.0. The van der Waals surface area contributed by atoms with Gasteiger partial charge in [0.15, 0.2) is 0 Å². The van der Waals surface area contributed by atoms with Crippen molar-refractivity contribution in [1.82, 2.24) is 0 Å². The molecule has 0 radical (unpaired) electrons. The van der Waals surface area contributed by atoms with E-state index in [9.17, 15) is 9.36 Å². The van der Waals surface area contributed by atoms with Crippen LogP contribution in [0.5, 0.6) is 0 Å². The predicted molar refractivity (Wildman–Crippen MR) is 96.9 cm³/mol. The van der Waals surface area contributed by atoms with Gasteiger partial charge in [-0.3, -0.25) is 9.36 Å². The second kappa shape index (κ2) is 8.39. The molecule has 0 spiro atoms. The molecule has 4 nitrogen and oxygen atoms in total. The monoisotopic (exact) mass is 402 g/mol. The molecular weight excluding hydrogens is 379 g/mol. The minimum atomic E-state index is -3.85. The number of halogens is 1. The van der Waals surface area contributed by atoms with Gasteiger partial charge in [0.2, 0.25) is 5.52 Å². The van der Waals surface area contributed by atoms with Gasteiger partial charge in [0.25, 0.3) is 0 Å². The third-order valence-electron chi connectivity index (χ3n) is 3.57. The van der Waals surface area contributed by atoms with E-state index in [0.717, 1.165) is 5.56 Å². The van der Waals surface area contributed by atoms with Crippen molar-refractivity contribution < 1.29 is 18.4 Å². The summed E-state index contributed by atoms with van der Waals surface area (Å²) in [6, 6.07) is 9.52. The minimum Gasteiger partial charge on any atom is -0.303 e. The summed E-state index contributed by atoms with van der Waals surface area (Å²) in [6.07, 6.45) is 0. The van der Waals surface area contributed by atoms with Crippen molar-refractivity contribution in [1.29, 1.82) is 0 Å². The van der Waals surface area contributed by atoms with Crippen LogP contribution >= 0.6 is 23.5 Å². The molecule has 6 heteroatoms. The van der Waals surface area contributed by atoms with Crippen LogP contribution in [0.4, 0.5) is 0 Å². The van der Waals surface area contributed by atoms with Crippen molar-refractivity contribution in [2.24, 2.45) is 5.41 Å². The van der Waals surface area contributed by atoms with Crippen LogP contribution in [-0.4, -0.2) is 18.7 Å². The van der Waals surface area contributed by atoms with Gasteiger partial charge in [-0.2, -0.15) is 0 Å². The van der Waals surface area contributed by atoms with Gasteiger partial charge in [-0.25, -0.2) is 0 Å². The van der Waals surface area contributed by atoms with E-state index in [-0.39, 0.29) is 19.1 Å². The lowest BCUT2D eigenvalue weighted by Crippen LogP contribution is -2.32. The Labute approximate surface area is 146 Å². The summed E-state index contributed by atoms with van der Waals surface area (Å²) >= 11 is 3.41. The summed E-state index contributed by atoms with van der Waals surface area (Å²) < 4.78 is 24.0. The van der Waals surface area contributed by atoms with Crippen molar-refractivity contribution in [3.8, 4) is 0 Å². The number of carbonyl (C=O) groups is 1.